The Bertz CT molecular complexity index is 237. The standard InChI is InChI=1S/C14H25OS/c15-13-7-8-14(16-9-3-4-10-16)12-6-2-1-5-11(12)13/h11-15H,1-10H2/q+1. The van der Waals surface area contributed by atoms with E-state index in [1.807, 2.05) is 0 Å². The average molecular weight is 241 g/mol. The molecule has 1 heterocycles. The van der Waals surface area contributed by atoms with Crippen LogP contribution in [0.15, 0.2) is 0 Å². The van der Waals surface area contributed by atoms with E-state index in [0.717, 1.165) is 28.5 Å². The van der Waals surface area contributed by atoms with Crippen LogP contribution in [-0.2, 0) is 10.9 Å². The van der Waals surface area contributed by atoms with Gasteiger partial charge in [0.2, 0.25) is 0 Å². The fourth-order valence-electron chi connectivity index (χ4n) is 4.28. The van der Waals surface area contributed by atoms with Crippen molar-refractivity contribution in [1.82, 2.24) is 0 Å². The molecule has 0 amide bonds. The van der Waals surface area contributed by atoms with Crippen LogP contribution in [0.2, 0.25) is 0 Å². The smallest absolute Gasteiger partial charge is 0.121 e. The number of rotatable bonds is 1. The van der Waals surface area contributed by atoms with Crippen molar-refractivity contribution in [2.45, 2.75) is 62.7 Å². The van der Waals surface area contributed by atoms with Gasteiger partial charge in [-0.15, -0.1) is 0 Å². The maximum absolute atomic E-state index is 10.2. The topological polar surface area (TPSA) is 20.2 Å². The molecule has 92 valence electrons. The highest BCUT2D eigenvalue weighted by atomic mass is 32.2. The molecule has 0 aromatic rings. The molecule has 1 N–H and O–H groups in total. The molecule has 0 aromatic carbocycles. The Balaban J connectivity index is 1.72. The fraction of sp³-hybridized carbons (Fsp3) is 1.00. The van der Waals surface area contributed by atoms with E-state index in [0.29, 0.717) is 5.92 Å². The van der Waals surface area contributed by atoms with Crippen molar-refractivity contribution in [2.75, 3.05) is 11.5 Å². The van der Waals surface area contributed by atoms with Gasteiger partial charge in [-0.3, -0.25) is 0 Å². The third-order valence-electron chi connectivity index (χ3n) is 5.08. The van der Waals surface area contributed by atoms with E-state index < -0.39 is 0 Å². The lowest BCUT2D eigenvalue weighted by atomic mass is 9.69. The minimum atomic E-state index is 0.0488. The van der Waals surface area contributed by atoms with Crippen LogP contribution in [0.3, 0.4) is 0 Å². The molecule has 1 nitrogen and oxygen atoms in total. The lowest BCUT2D eigenvalue weighted by molar-refractivity contribution is 0.0135. The highest BCUT2D eigenvalue weighted by Crippen LogP contribution is 2.44. The van der Waals surface area contributed by atoms with Gasteiger partial charge in [0, 0.05) is 5.92 Å². The van der Waals surface area contributed by atoms with Crippen molar-refractivity contribution in [1.29, 1.82) is 0 Å². The van der Waals surface area contributed by atoms with E-state index in [2.05, 4.69) is 0 Å². The minimum absolute atomic E-state index is 0.0488. The van der Waals surface area contributed by atoms with Gasteiger partial charge in [-0.1, -0.05) is 12.8 Å². The molecule has 1 saturated heterocycles. The predicted molar refractivity (Wildman–Crippen MR) is 70.8 cm³/mol. The van der Waals surface area contributed by atoms with Crippen LogP contribution in [-0.4, -0.2) is 28.0 Å². The van der Waals surface area contributed by atoms with Gasteiger partial charge in [0.05, 0.1) is 6.10 Å². The first kappa shape index (κ1) is 11.4. The first-order valence-electron chi connectivity index (χ1n) is 7.20. The summed E-state index contributed by atoms with van der Waals surface area (Å²) >= 11 is 0. The molecule has 2 saturated carbocycles. The zero-order valence-corrected chi connectivity index (χ0v) is 11.1. The summed E-state index contributed by atoms with van der Waals surface area (Å²) < 4.78 is 0. The van der Waals surface area contributed by atoms with Gasteiger partial charge in [0.1, 0.15) is 16.8 Å². The molecule has 3 fully saturated rings. The Hall–Kier alpha value is 0.310. The SMILES string of the molecule is OC1CCC([S+]2CCCC2)C2CCCCC12. The van der Waals surface area contributed by atoms with E-state index in [1.54, 1.807) is 0 Å². The monoisotopic (exact) mass is 241 g/mol. The zero-order valence-electron chi connectivity index (χ0n) is 10.2. The molecule has 16 heavy (non-hydrogen) atoms. The highest BCUT2D eigenvalue weighted by Gasteiger charge is 2.48. The number of hydrogen-bond donors (Lipinski definition) is 1. The first-order valence-corrected chi connectivity index (χ1v) is 8.83. The van der Waals surface area contributed by atoms with E-state index >= 15 is 0 Å². The van der Waals surface area contributed by atoms with Crippen LogP contribution in [0, 0.1) is 11.8 Å². The van der Waals surface area contributed by atoms with Crippen LogP contribution >= 0.6 is 0 Å². The summed E-state index contributed by atoms with van der Waals surface area (Å²) in [5.41, 5.74) is 0. The number of fused-ring (bicyclic) bond motifs is 1. The third kappa shape index (κ3) is 2.03. The maximum atomic E-state index is 10.2. The second-order valence-electron chi connectivity index (χ2n) is 5.95. The summed E-state index contributed by atoms with van der Waals surface area (Å²) in [4.78, 5) is 0. The Morgan fingerprint density at radius 3 is 2.19 bits per heavy atom. The molecular weight excluding hydrogens is 216 g/mol. The Labute approximate surface area is 102 Å². The van der Waals surface area contributed by atoms with E-state index in [1.165, 1.54) is 56.5 Å². The van der Waals surface area contributed by atoms with Crippen LogP contribution in [0.1, 0.15) is 51.4 Å². The molecule has 4 unspecified atom stereocenters. The highest BCUT2D eigenvalue weighted by molar-refractivity contribution is 7.97. The number of aliphatic hydroxyl groups excluding tert-OH is 1. The Morgan fingerprint density at radius 2 is 1.44 bits per heavy atom. The largest absolute Gasteiger partial charge is 0.393 e. The summed E-state index contributed by atoms with van der Waals surface area (Å²) in [7, 11) is 0.742. The second-order valence-corrected chi connectivity index (χ2v) is 8.45. The molecule has 0 aromatic heterocycles. The minimum Gasteiger partial charge on any atom is -0.393 e. The quantitative estimate of drug-likeness (QED) is 0.700. The van der Waals surface area contributed by atoms with Crippen molar-refractivity contribution in [3.63, 3.8) is 0 Å². The van der Waals surface area contributed by atoms with Crippen molar-refractivity contribution in [3.8, 4) is 0 Å². The normalized spacial score (nSPS) is 45.6. The van der Waals surface area contributed by atoms with Gasteiger partial charge in [-0.2, -0.15) is 0 Å². The summed E-state index contributed by atoms with van der Waals surface area (Å²) in [6.07, 6.45) is 11.0. The molecule has 0 radical (unpaired) electrons. The van der Waals surface area contributed by atoms with E-state index in [4.69, 9.17) is 0 Å². The molecule has 3 rings (SSSR count). The predicted octanol–water partition coefficient (Wildman–Crippen LogP) is 2.73. The molecule has 0 bridgehead atoms. The zero-order chi connectivity index (χ0) is 11.0. The van der Waals surface area contributed by atoms with E-state index in [-0.39, 0.29) is 6.10 Å². The third-order valence-corrected chi connectivity index (χ3v) is 8.15. The molecule has 3 aliphatic rings. The first-order chi connectivity index (χ1) is 7.86. The van der Waals surface area contributed by atoms with E-state index in [9.17, 15) is 5.11 Å². The lowest BCUT2D eigenvalue weighted by Gasteiger charge is -2.42. The van der Waals surface area contributed by atoms with Gasteiger partial charge in [0.25, 0.3) is 0 Å². The summed E-state index contributed by atoms with van der Waals surface area (Å²) in [6.45, 7) is 0. The van der Waals surface area contributed by atoms with Crippen LogP contribution < -0.4 is 0 Å². The Morgan fingerprint density at radius 1 is 0.750 bits per heavy atom. The van der Waals surface area contributed by atoms with Gasteiger partial charge < -0.3 is 5.11 Å². The molecular formula is C14H25OS+. The molecule has 4 atom stereocenters. The van der Waals surface area contributed by atoms with Crippen molar-refractivity contribution < 1.29 is 5.11 Å². The van der Waals surface area contributed by atoms with Gasteiger partial charge in [-0.05, 0) is 55.3 Å². The Kier molecular flexibility index (Phi) is 3.49. The summed E-state index contributed by atoms with van der Waals surface area (Å²) in [5.74, 6) is 4.62. The van der Waals surface area contributed by atoms with Gasteiger partial charge in [-0.25, -0.2) is 0 Å². The lowest BCUT2D eigenvalue weighted by Crippen LogP contribution is -2.46. The summed E-state index contributed by atoms with van der Waals surface area (Å²) in [6, 6.07) is 0. The molecule has 1 aliphatic heterocycles. The van der Waals surface area contributed by atoms with Crippen LogP contribution in [0.5, 0.6) is 0 Å². The molecule has 2 heteroatoms. The van der Waals surface area contributed by atoms with Crippen LogP contribution in [0.25, 0.3) is 0 Å². The van der Waals surface area contributed by atoms with Gasteiger partial charge >= 0.3 is 0 Å². The number of hydrogen-bond acceptors (Lipinski definition) is 1. The molecule has 0 spiro atoms. The fourth-order valence-corrected chi connectivity index (χ4v) is 7.55. The summed E-state index contributed by atoms with van der Waals surface area (Å²) in [5, 5.41) is 11.2. The van der Waals surface area contributed by atoms with Crippen molar-refractivity contribution >= 4 is 10.9 Å². The number of aliphatic hydroxyl groups is 1. The molecule has 2 aliphatic carbocycles. The second kappa shape index (κ2) is 4.89. The maximum Gasteiger partial charge on any atom is 0.121 e. The average Bonchev–Trinajstić information content (AvgIpc) is 2.83. The van der Waals surface area contributed by atoms with Crippen molar-refractivity contribution in [3.05, 3.63) is 0 Å². The van der Waals surface area contributed by atoms with Gasteiger partial charge in [0.15, 0.2) is 0 Å². The van der Waals surface area contributed by atoms with Crippen molar-refractivity contribution in [2.24, 2.45) is 11.8 Å². The van der Waals surface area contributed by atoms with Crippen LogP contribution in [0.4, 0.5) is 0 Å².